The van der Waals surface area contributed by atoms with Gasteiger partial charge in [0.2, 0.25) is 0 Å². The molecule has 1 N–H and O–H groups in total. The van der Waals surface area contributed by atoms with Gasteiger partial charge in [-0.3, -0.25) is 10.2 Å². The molecule has 0 radical (unpaired) electrons. The van der Waals surface area contributed by atoms with Gasteiger partial charge < -0.3 is 0 Å². The van der Waals surface area contributed by atoms with E-state index >= 15 is 0 Å². The molecule has 0 aromatic heterocycles. The molecular weight excluding hydrogens is 168 g/mol. The van der Waals surface area contributed by atoms with Crippen LogP contribution in [0.4, 0.5) is 0 Å². The van der Waals surface area contributed by atoms with Gasteiger partial charge in [0.1, 0.15) is 0 Å². The Morgan fingerprint density at radius 1 is 1.42 bits per heavy atom. The Hall–Kier alpha value is 0.270. The van der Waals surface area contributed by atoms with Crippen molar-refractivity contribution < 1.29 is 0 Å². The van der Waals surface area contributed by atoms with E-state index in [4.69, 9.17) is 0 Å². The topological polar surface area (TPSA) is 15.3 Å². The largest absolute Gasteiger partial charge is 0.290 e. The van der Waals surface area contributed by atoms with Crippen molar-refractivity contribution in [1.82, 2.24) is 10.2 Å². The van der Waals surface area contributed by atoms with Crippen LogP contribution in [0.3, 0.4) is 0 Å². The molecule has 2 nitrogen and oxygen atoms in total. The molecule has 1 aliphatic rings. The number of nitrogens with zero attached hydrogens (tertiary/aromatic N) is 1. The minimum atomic E-state index is 0.356. The summed E-state index contributed by atoms with van der Waals surface area (Å²) in [4.78, 5) is 2.47. The summed E-state index contributed by atoms with van der Waals surface area (Å²) in [6.45, 7) is 10.1. The second-order valence-corrected chi connectivity index (χ2v) is 4.61. The van der Waals surface area contributed by atoms with Crippen LogP contribution in [0.1, 0.15) is 27.7 Å². The van der Waals surface area contributed by atoms with Gasteiger partial charge in [0.05, 0.1) is 11.5 Å². The third-order valence-electron chi connectivity index (χ3n) is 2.61. The molecule has 0 saturated carbocycles. The van der Waals surface area contributed by atoms with E-state index in [1.807, 2.05) is 0 Å². The van der Waals surface area contributed by atoms with E-state index in [-0.39, 0.29) is 0 Å². The van der Waals surface area contributed by atoms with Gasteiger partial charge in [0.15, 0.2) is 0 Å². The normalized spacial score (nSPS) is 39.0. The number of nitrogens with one attached hydrogen (secondary N) is 1. The molecule has 1 fully saturated rings. The Morgan fingerprint density at radius 2 is 2.00 bits per heavy atom. The van der Waals surface area contributed by atoms with Gasteiger partial charge in [-0.2, -0.15) is 12.6 Å². The molecule has 12 heavy (non-hydrogen) atoms. The zero-order chi connectivity index (χ0) is 9.30. The lowest BCUT2D eigenvalue weighted by Crippen LogP contribution is -2.58. The van der Waals surface area contributed by atoms with Crippen LogP contribution < -0.4 is 5.32 Å². The highest BCUT2D eigenvalue weighted by molar-refractivity contribution is 7.80. The second-order valence-electron chi connectivity index (χ2n) is 4.06. The van der Waals surface area contributed by atoms with Crippen molar-refractivity contribution in [3.63, 3.8) is 0 Å². The van der Waals surface area contributed by atoms with Gasteiger partial charge in [0, 0.05) is 12.6 Å². The van der Waals surface area contributed by atoms with Crippen LogP contribution in [0.15, 0.2) is 0 Å². The highest BCUT2D eigenvalue weighted by Crippen LogP contribution is 2.19. The standard InChI is InChI=1S/C9H20N2S/c1-6(2)11-5-7(3)9(12)10-8(11)4/h6-10,12H,5H2,1-4H3. The van der Waals surface area contributed by atoms with E-state index < -0.39 is 0 Å². The molecular formula is C9H20N2S. The highest BCUT2D eigenvalue weighted by atomic mass is 32.1. The lowest BCUT2D eigenvalue weighted by molar-refractivity contribution is 0.0728. The highest BCUT2D eigenvalue weighted by Gasteiger charge is 2.29. The van der Waals surface area contributed by atoms with E-state index in [0.717, 1.165) is 6.54 Å². The predicted octanol–water partition coefficient (Wildman–Crippen LogP) is 1.54. The van der Waals surface area contributed by atoms with E-state index in [9.17, 15) is 0 Å². The fourth-order valence-electron chi connectivity index (χ4n) is 1.76. The third-order valence-corrected chi connectivity index (χ3v) is 3.27. The van der Waals surface area contributed by atoms with E-state index in [1.165, 1.54) is 0 Å². The Labute approximate surface area is 81.1 Å². The van der Waals surface area contributed by atoms with Crippen LogP contribution in [-0.2, 0) is 0 Å². The minimum Gasteiger partial charge on any atom is -0.290 e. The Morgan fingerprint density at radius 3 is 2.50 bits per heavy atom. The lowest BCUT2D eigenvalue weighted by atomic mass is 10.1. The summed E-state index contributed by atoms with van der Waals surface area (Å²) in [6, 6.07) is 0.621. The molecule has 0 amide bonds. The number of thiol groups is 1. The maximum absolute atomic E-state index is 4.49. The zero-order valence-electron chi connectivity index (χ0n) is 8.41. The lowest BCUT2D eigenvalue weighted by Gasteiger charge is -2.43. The smallest absolute Gasteiger partial charge is 0.0578 e. The van der Waals surface area contributed by atoms with Crippen molar-refractivity contribution in [2.45, 2.75) is 45.3 Å². The van der Waals surface area contributed by atoms with Gasteiger partial charge in [0.25, 0.3) is 0 Å². The van der Waals surface area contributed by atoms with E-state index in [2.05, 4.69) is 50.5 Å². The first-order valence-electron chi connectivity index (χ1n) is 4.72. The molecule has 3 unspecified atom stereocenters. The first-order chi connectivity index (χ1) is 5.52. The summed E-state index contributed by atoms with van der Waals surface area (Å²) < 4.78 is 0. The molecule has 1 saturated heterocycles. The summed E-state index contributed by atoms with van der Waals surface area (Å²) in [5, 5.41) is 3.81. The predicted molar refractivity (Wildman–Crippen MR) is 56.4 cm³/mol. The van der Waals surface area contributed by atoms with Crippen LogP contribution in [0.2, 0.25) is 0 Å². The molecule has 0 bridgehead atoms. The summed E-state index contributed by atoms with van der Waals surface area (Å²) in [6.07, 6.45) is 0.462. The summed E-state index contributed by atoms with van der Waals surface area (Å²) in [5.74, 6) is 0.631. The van der Waals surface area contributed by atoms with E-state index in [1.54, 1.807) is 0 Å². The number of hydrogen-bond donors (Lipinski definition) is 2. The fraction of sp³-hybridized carbons (Fsp3) is 1.00. The molecule has 3 atom stereocenters. The first kappa shape index (κ1) is 10.4. The Balaban J connectivity index is 2.55. The molecule has 3 heteroatoms. The van der Waals surface area contributed by atoms with Crippen molar-refractivity contribution in [3.8, 4) is 0 Å². The third kappa shape index (κ3) is 2.15. The van der Waals surface area contributed by atoms with Crippen LogP contribution in [-0.4, -0.2) is 29.0 Å². The monoisotopic (exact) mass is 188 g/mol. The van der Waals surface area contributed by atoms with Crippen LogP contribution in [0.5, 0.6) is 0 Å². The summed E-state index contributed by atoms with van der Waals surface area (Å²) >= 11 is 4.49. The Kier molecular flexibility index (Phi) is 3.44. The molecule has 0 aromatic rings. The SMILES string of the molecule is CC1CN(C(C)C)C(C)NC1S. The Bertz CT molecular complexity index is 149. The van der Waals surface area contributed by atoms with Crippen LogP contribution in [0.25, 0.3) is 0 Å². The van der Waals surface area contributed by atoms with Gasteiger partial charge in [-0.15, -0.1) is 0 Å². The molecule has 0 aliphatic carbocycles. The quantitative estimate of drug-likeness (QED) is 0.607. The maximum atomic E-state index is 4.49. The van der Waals surface area contributed by atoms with E-state index in [0.29, 0.717) is 23.5 Å². The molecule has 72 valence electrons. The first-order valence-corrected chi connectivity index (χ1v) is 5.24. The number of hydrogen-bond acceptors (Lipinski definition) is 3. The fourth-order valence-corrected chi connectivity index (χ4v) is 2.07. The average molecular weight is 188 g/mol. The van der Waals surface area contributed by atoms with Crippen molar-refractivity contribution in [3.05, 3.63) is 0 Å². The zero-order valence-corrected chi connectivity index (χ0v) is 9.31. The van der Waals surface area contributed by atoms with Gasteiger partial charge in [-0.25, -0.2) is 0 Å². The minimum absolute atomic E-state index is 0.356. The van der Waals surface area contributed by atoms with Crippen LogP contribution in [0, 0.1) is 5.92 Å². The molecule has 1 aliphatic heterocycles. The maximum Gasteiger partial charge on any atom is 0.0578 e. The van der Waals surface area contributed by atoms with Crippen molar-refractivity contribution in [1.29, 1.82) is 0 Å². The van der Waals surface area contributed by atoms with Crippen LogP contribution >= 0.6 is 12.6 Å². The second kappa shape index (κ2) is 3.99. The van der Waals surface area contributed by atoms with Gasteiger partial charge >= 0.3 is 0 Å². The van der Waals surface area contributed by atoms with Gasteiger partial charge in [-0.1, -0.05) is 6.92 Å². The molecule has 1 heterocycles. The van der Waals surface area contributed by atoms with Gasteiger partial charge in [-0.05, 0) is 26.7 Å². The molecule has 0 spiro atoms. The van der Waals surface area contributed by atoms with Crippen molar-refractivity contribution >= 4 is 12.6 Å². The molecule has 0 aromatic carbocycles. The average Bonchev–Trinajstić information content (AvgIpc) is 1.96. The summed E-state index contributed by atoms with van der Waals surface area (Å²) in [7, 11) is 0. The number of rotatable bonds is 1. The van der Waals surface area contributed by atoms with Crippen molar-refractivity contribution in [2.24, 2.45) is 5.92 Å². The molecule has 1 rings (SSSR count). The summed E-state index contributed by atoms with van der Waals surface area (Å²) in [5.41, 5.74) is 0. The van der Waals surface area contributed by atoms with Crippen molar-refractivity contribution in [2.75, 3.05) is 6.54 Å².